The summed E-state index contributed by atoms with van der Waals surface area (Å²) in [5.74, 6) is -4.74. The fourth-order valence-corrected chi connectivity index (χ4v) is 4.28. The maximum atomic E-state index is 13.2. The topological polar surface area (TPSA) is 121 Å². The predicted molar refractivity (Wildman–Crippen MR) is 144 cm³/mol. The van der Waals surface area contributed by atoms with Crippen LogP contribution in [0.1, 0.15) is 44.4 Å². The zero-order valence-corrected chi connectivity index (χ0v) is 21.7. The number of hydrogen-bond acceptors (Lipinski definition) is 5. The van der Waals surface area contributed by atoms with Gasteiger partial charge in [-0.3, -0.25) is 29.3 Å². The molecule has 198 valence electrons. The molecule has 38 heavy (non-hydrogen) atoms. The molecule has 0 spiro atoms. The third-order valence-electron chi connectivity index (χ3n) is 6.39. The van der Waals surface area contributed by atoms with Gasteiger partial charge in [-0.1, -0.05) is 99.7 Å². The third kappa shape index (κ3) is 7.59. The summed E-state index contributed by atoms with van der Waals surface area (Å²) in [7, 11) is 0. The molecular formula is C30H33N3O5. The van der Waals surface area contributed by atoms with Crippen LogP contribution in [0, 0.1) is 17.8 Å². The highest BCUT2D eigenvalue weighted by molar-refractivity contribution is 6.16. The maximum Gasteiger partial charge on any atom is 0.244 e. The Balaban J connectivity index is 1.68. The molecule has 1 fully saturated rings. The SMILES string of the molecule is CC(C)[C@@H](NC(=O)C[C@@H](NC(=O)/C=C/C=C/c1ccccc1)c1ccccc1)C(=O)[C@@H]1C(=O)NC(=O)[C@H]1C. The molecule has 0 aromatic heterocycles. The standard InChI is InChI=1S/C30H33N3O5/c1-19(2)27(28(36)26-20(3)29(37)33-30(26)38)32-25(35)18-23(22-15-8-5-9-16-22)31-24(34)17-11-10-14-21-12-6-4-7-13-21/h4-17,19-20,23,26-27H,18H2,1-3H3,(H,31,34)(H,32,35)(H,33,37,38)/b14-10+,17-11+/t20-,23+,26+,27+/m0/s1. The van der Waals surface area contributed by atoms with Crippen LogP contribution in [0.5, 0.6) is 0 Å². The number of carbonyl (C=O) groups is 5. The number of benzene rings is 2. The number of ketones is 1. The number of imide groups is 1. The van der Waals surface area contributed by atoms with Crippen LogP contribution in [0.25, 0.3) is 6.08 Å². The van der Waals surface area contributed by atoms with Crippen molar-refractivity contribution in [3.63, 3.8) is 0 Å². The number of Topliss-reactive ketones (excluding diaryl/α,β-unsaturated/α-hetero) is 1. The first-order valence-electron chi connectivity index (χ1n) is 12.6. The van der Waals surface area contributed by atoms with E-state index in [1.165, 1.54) is 13.0 Å². The van der Waals surface area contributed by atoms with Crippen molar-refractivity contribution in [2.45, 2.75) is 39.3 Å². The Labute approximate surface area is 222 Å². The van der Waals surface area contributed by atoms with Gasteiger partial charge in [0.1, 0.15) is 5.92 Å². The van der Waals surface area contributed by atoms with Crippen LogP contribution >= 0.6 is 0 Å². The van der Waals surface area contributed by atoms with Crippen LogP contribution in [0.4, 0.5) is 0 Å². The molecule has 0 radical (unpaired) electrons. The molecule has 2 aromatic rings. The molecule has 8 nitrogen and oxygen atoms in total. The number of rotatable bonds is 11. The van der Waals surface area contributed by atoms with Crippen LogP contribution in [0.2, 0.25) is 0 Å². The lowest BCUT2D eigenvalue weighted by atomic mass is 9.85. The Morgan fingerprint density at radius 2 is 1.53 bits per heavy atom. The van der Waals surface area contributed by atoms with E-state index in [9.17, 15) is 24.0 Å². The number of carbonyl (C=O) groups excluding carboxylic acids is 5. The first-order valence-corrected chi connectivity index (χ1v) is 12.6. The maximum absolute atomic E-state index is 13.2. The molecule has 3 N–H and O–H groups in total. The first-order chi connectivity index (χ1) is 18.2. The van der Waals surface area contributed by atoms with Crippen molar-refractivity contribution in [2.75, 3.05) is 0 Å². The lowest BCUT2D eigenvalue weighted by Gasteiger charge is -2.25. The highest BCUT2D eigenvalue weighted by atomic mass is 16.2. The summed E-state index contributed by atoms with van der Waals surface area (Å²) in [5, 5.41) is 7.77. The minimum absolute atomic E-state index is 0.120. The van der Waals surface area contributed by atoms with Crippen molar-refractivity contribution in [3.05, 3.63) is 90.0 Å². The van der Waals surface area contributed by atoms with E-state index < -0.39 is 47.4 Å². The second kappa shape index (κ2) is 13.3. The quantitative estimate of drug-likeness (QED) is 0.184. The summed E-state index contributed by atoms with van der Waals surface area (Å²) >= 11 is 0. The summed E-state index contributed by atoms with van der Waals surface area (Å²) in [4.78, 5) is 62.9. The van der Waals surface area contributed by atoms with Crippen LogP contribution < -0.4 is 16.0 Å². The van der Waals surface area contributed by atoms with E-state index in [0.717, 1.165) is 11.1 Å². The molecule has 0 bridgehead atoms. The zero-order chi connectivity index (χ0) is 27.7. The Hall–Kier alpha value is -4.33. The van der Waals surface area contributed by atoms with Crippen molar-refractivity contribution < 1.29 is 24.0 Å². The van der Waals surface area contributed by atoms with Crippen molar-refractivity contribution in [1.82, 2.24) is 16.0 Å². The molecule has 0 aliphatic carbocycles. The molecular weight excluding hydrogens is 482 g/mol. The Morgan fingerprint density at radius 3 is 2.11 bits per heavy atom. The third-order valence-corrected chi connectivity index (χ3v) is 6.39. The van der Waals surface area contributed by atoms with Crippen LogP contribution in [0.3, 0.4) is 0 Å². The molecule has 1 aliphatic heterocycles. The van der Waals surface area contributed by atoms with E-state index >= 15 is 0 Å². The monoisotopic (exact) mass is 515 g/mol. The molecule has 4 atom stereocenters. The zero-order valence-electron chi connectivity index (χ0n) is 21.7. The van der Waals surface area contributed by atoms with Crippen LogP contribution in [-0.4, -0.2) is 35.5 Å². The van der Waals surface area contributed by atoms with Crippen LogP contribution in [-0.2, 0) is 24.0 Å². The van der Waals surface area contributed by atoms with E-state index in [-0.39, 0.29) is 18.2 Å². The van der Waals surface area contributed by atoms with Gasteiger partial charge in [0.15, 0.2) is 5.78 Å². The molecule has 0 saturated carbocycles. The molecule has 1 saturated heterocycles. The summed E-state index contributed by atoms with van der Waals surface area (Å²) in [5.41, 5.74) is 1.73. The van der Waals surface area contributed by atoms with Crippen molar-refractivity contribution in [3.8, 4) is 0 Å². The van der Waals surface area contributed by atoms with Gasteiger partial charge < -0.3 is 10.6 Å². The number of nitrogens with one attached hydrogen (secondary N) is 3. The number of allylic oxidation sites excluding steroid dienone is 2. The van der Waals surface area contributed by atoms with Gasteiger partial charge in [0, 0.05) is 6.08 Å². The summed E-state index contributed by atoms with van der Waals surface area (Å²) in [6.07, 6.45) is 6.50. The summed E-state index contributed by atoms with van der Waals surface area (Å²) in [6.45, 7) is 5.03. The highest BCUT2D eigenvalue weighted by Gasteiger charge is 2.46. The lowest BCUT2D eigenvalue weighted by Crippen LogP contribution is -2.49. The molecule has 3 rings (SSSR count). The van der Waals surface area contributed by atoms with E-state index in [2.05, 4.69) is 16.0 Å². The lowest BCUT2D eigenvalue weighted by molar-refractivity contribution is -0.137. The smallest absolute Gasteiger partial charge is 0.244 e. The van der Waals surface area contributed by atoms with Gasteiger partial charge >= 0.3 is 0 Å². The average molecular weight is 516 g/mol. The van der Waals surface area contributed by atoms with E-state index in [1.54, 1.807) is 38.1 Å². The molecule has 1 heterocycles. The Morgan fingerprint density at radius 1 is 0.895 bits per heavy atom. The second-order valence-corrected chi connectivity index (χ2v) is 9.62. The van der Waals surface area contributed by atoms with E-state index in [0.29, 0.717) is 0 Å². The Kier molecular flexibility index (Phi) is 9.87. The van der Waals surface area contributed by atoms with Gasteiger partial charge in [-0.25, -0.2) is 0 Å². The van der Waals surface area contributed by atoms with Gasteiger partial charge in [-0.15, -0.1) is 0 Å². The predicted octanol–water partition coefficient (Wildman–Crippen LogP) is 3.12. The fourth-order valence-electron chi connectivity index (χ4n) is 4.28. The van der Waals surface area contributed by atoms with Crippen LogP contribution in [0.15, 0.2) is 78.9 Å². The second-order valence-electron chi connectivity index (χ2n) is 9.62. The normalized spacial score (nSPS) is 18.9. The molecule has 0 unspecified atom stereocenters. The van der Waals surface area contributed by atoms with E-state index in [4.69, 9.17) is 0 Å². The van der Waals surface area contributed by atoms with Crippen molar-refractivity contribution >= 4 is 35.5 Å². The van der Waals surface area contributed by atoms with Crippen molar-refractivity contribution in [1.29, 1.82) is 0 Å². The van der Waals surface area contributed by atoms with Crippen molar-refractivity contribution in [2.24, 2.45) is 17.8 Å². The summed E-state index contributed by atoms with van der Waals surface area (Å²) < 4.78 is 0. The first kappa shape index (κ1) is 28.2. The van der Waals surface area contributed by atoms with Gasteiger partial charge in [-0.05, 0) is 17.0 Å². The Bertz CT molecular complexity index is 1220. The largest absolute Gasteiger partial charge is 0.346 e. The van der Waals surface area contributed by atoms with Gasteiger partial charge in [0.25, 0.3) is 0 Å². The molecule has 4 amide bonds. The summed E-state index contributed by atoms with van der Waals surface area (Å²) in [6, 6.07) is 17.1. The fraction of sp³-hybridized carbons (Fsp3) is 0.300. The molecule has 8 heteroatoms. The van der Waals surface area contributed by atoms with Gasteiger partial charge in [-0.2, -0.15) is 0 Å². The molecule has 2 aromatic carbocycles. The minimum atomic E-state index is -1.14. The van der Waals surface area contributed by atoms with E-state index in [1.807, 2.05) is 54.6 Å². The van der Waals surface area contributed by atoms with Gasteiger partial charge in [0.2, 0.25) is 23.6 Å². The molecule has 1 aliphatic rings. The average Bonchev–Trinajstić information content (AvgIpc) is 3.16. The minimum Gasteiger partial charge on any atom is -0.346 e. The number of amides is 4. The van der Waals surface area contributed by atoms with Gasteiger partial charge in [0.05, 0.1) is 24.4 Å². The number of hydrogen-bond donors (Lipinski definition) is 3. The highest BCUT2D eigenvalue weighted by Crippen LogP contribution is 2.24.